The zero-order chi connectivity index (χ0) is 9.23. The molecule has 0 aromatic carbocycles. The molecule has 0 aromatic heterocycles. The van der Waals surface area contributed by atoms with Crippen molar-refractivity contribution in [3.63, 3.8) is 0 Å². The first kappa shape index (κ1) is 11.5. The molecule has 0 saturated heterocycles. The van der Waals surface area contributed by atoms with Crippen molar-refractivity contribution in [2.75, 3.05) is 25.6 Å². The predicted octanol–water partition coefficient (Wildman–Crippen LogP) is 0.934. The van der Waals surface area contributed by atoms with E-state index in [1.165, 1.54) is 0 Å². The molecule has 0 bridgehead atoms. The van der Waals surface area contributed by atoms with Crippen molar-refractivity contribution in [1.29, 1.82) is 0 Å². The Bertz CT molecular complexity index is 148. The Balaban J connectivity index is 3.19. The SMILES string of the molecule is CCOC(=O)CNC/C=C/CCl. The summed E-state index contributed by atoms with van der Waals surface area (Å²) in [5.41, 5.74) is 0. The Morgan fingerprint density at radius 3 is 2.92 bits per heavy atom. The van der Waals surface area contributed by atoms with Crippen LogP contribution in [0.1, 0.15) is 6.92 Å². The van der Waals surface area contributed by atoms with Crippen LogP contribution in [-0.4, -0.2) is 31.5 Å². The number of hydrogen-bond acceptors (Lipinski definition) is 3. The van der Waals surface area contributed by atoms with Crippen LogP contribution in [0.15, 0.2) is 12.2 Å². The molecule has 0 atom stereocenters. The minimum absolute atomic E-state index is 0.225. The molecular formula is C8H14ClNO2. The number of nitrogens with one attached hydrogen (secondary N) is 1. The Labute approximate surface area is 77.7 Å². The molecule has 1 N–H and O–H groups in total. The van der Waals surface area contributed by atoms with Crippen LogP contribution in [0.3, 0.4) is 0 Å². The highest BCUT2D eigenvalue weighted by Crippen LogP contribution is 1.78. The van der Waals surface area contributed by atoms with E-state index in [1.807, 2.05) is 12.2 Å². The van der Waals surface area contributed by atoms with E-state index in [2.05, 4.69) is 5.32 Å². The third kappa shape index (κ3) is 7.57. The Hall–Kier alpha value is -0.540. The lowest BCUT2D eigenvalue weighted by atomic mass is 10.5. The van der Waals surface area contributed by atoms with Crippen LogP contribution in [0.5, 0.6) is 0 Å². The maximum Gasteiger partial charge on any atom is 0.319 e. The molecule has 0 unspecified atom stereocenters. The second-order valence-corrected chi connectivity index (χ2v) is 2.37. The van der Waals surface area contributed by atoms with Gasteiger partial charge in [-0.05, 0) is 6.92 Å². The van der Waals surface area contributed by atoms with Crippen molar-refractivity contribution in [3.8, 4) is 0 Å². The molecular weight excluding hydrogens is 178 g/mol. The van der Waals surface area contributed by atoms with Gasteiger partial charge in [0.05, 0.1) is 13.2 Å². The Morgan fingerprint density at radius 1 is 1.58 bits per heavy atom. The summed E-state index contributed by atoms with van der Waals surface area (Å²) in [5.74, 6) is 0.276. The largest absolute Gasteiger partial charge is 0.465 e. The Kier molecular flexibility index (Phi) is 8.17. The van der Waals surface area contributed by atoms with E-state index in [1.54, 1.807) is 6.92 Å². The highest BCUT2D eigenvalue weighted by Gasteiger charge is 1.97. The molecule has 0 fully saturated rings. The second-order valence-electron chi connectivity index (χ2n) is 2.06. The molecule has 4 heteroatoms. The molecule has 0 aromatic rings. The number of rotatable bonds is 6. The van der Waals surface area contributed by atoms with Crippen molar-refractivity contribution in [2.45, 2.75) is 6.92 Å². The van der Waals surface area contributed by atoms with Gasteiger partial charge in [0.15, 0.2) is 0 Å². The molecule has 0 aliphatic heterocycles. The van der Waals surface area contributed by atoms with E-state index in [0.717, 1.165) is 0 Å². The number of carbonyl (C=O) groups is 1. The molecule has 0 saturated carbocycles. The zero-order valence-corrected chi connectivity index (χ0v) is 7.93. The van der Waals surface area contributed by atoms with E-state index >= 15 is 0 Å². The van der Waals surface area contributed by atoms with Crippen LogP contribution in [0.4, 0.5) is 0 Å². The number of carbonyl (C=O) groups excluding carboxylic acids is 1. The fraction of sp³-hybridized carbons (Fsp3) is 0.625. The minimum Gasteiger partial charge on any atom is -0.465 e. The summed E-state index contributed by atoms with van der Waals surface area (Å²) < 4.78 is 4.70. The van der Waals surface area contributed by atoms with Gasteiger partial charge in [-0.2, -0.15) is 0 Å². The van der Waals surface area contributed by atoms with Crippen molar-refractivity contribution in [2.24, 2.45) is 0 Å². The van der Waals surface area contributed by atoms with Crippen LogP contribution in [0.2, 0.25) is 0 Å². The average Bonchev–Trinajstić information content (AvgIpc) is 2.05. The van der Waals surface area contributed by atoms with Crippen molar-refractivity contribution in [1.82, 2.24) is 5.32 Å². The summed E-state index contributed by atoms with van der Waals surface area (Å²) >= 11 is 5.39. The van der Waals surface area contributed by atoms with E-state index in [9.17, 15) is 4.79 Å². The highest BCUT2D eigenvalue weighted by molar-refractivity contribution is 6.18. The van der Waals surface area contributed by atoms with Gasteiger partial charge in [0.2, 0.25) is 0 Å². The number of halogens is 1. The molecule has 70 valence electrons. The lowest BCUT2D eigenvalue weighted by Gasteiger charge is -2.00. The van der Waals surface area contributed by atoms with E-state index < -0.39 is 0 Å². The number of hydrogen-bond donors (Lipinski definition) is 1. The number of allylic oxidation sites excluding steroid dienone is 1. The first-order valence-corrected chi connectivity index (χ1v) is 4.42. The van der Waals surface area contributed by atoms with Crippen LogP contribution < -0.4 is 5.32 Å². The Morgan fingerprint density at radius 2 is 2.33 bits per heavy atom. The molecule has 3 nitrogen and oxygen atoms in total. The molecule has 0 aliphatic carbocycles. The zero-order valence-electron chi connectivity index (χ0n) is 7.18. The van der Waals surface area contributed by atoms with Gasteiger partial charge in [0.25, 0.3) is 0 Å². The van der Waals surface area contributed by atoms with E-state index in [-0.39, 0.29) is 12.5 Å². The van der Waals surface area contributed by atoms with Gasteiger partial charge in [0, 0.05) is 12.4 Å². The summed E-state index contributed by atoms with van der Waals surface area (Å²) in [4.78, 5) is 10.7. The molecule has 0 heterocycles. The number of esters is 1. The standard InChI is InChI=1S/C8H14ClNO2/c1-2-12-8(11)7-10-6-4-3-5-9/h3-4,10H,2,5-7H2,1H3/b4-3+. The quantitative estimate of drug-likeness (QED) is 0.294. The van der Waals surface area contributed by atoms with Gasteiger partial charge in [0.1, 0.15) is 0 Å². The smallest absolute Gasteiger partial charge is 0.319 e. The molecule has 12 heavy (non-hydrogen) atoms. The summed E-state index contributed by atoms with van der Waals surface area (Å²) in [6.07, 6.45) is 3.69. The monoisotopic (exact) mass is 191 g/mol. The van der Waals surface area contributed by atoms with Gasteiger partial charge >= 0.3 is 5.97 Å². The van der Waals surface area contributed by atoms with Gasteiger partial charge < -0.3 is 10.1 Å². The van der Waals surface area contributed by atoms with Gasteiger partial charge in [-0.25, -0.2) is 0 Å². The van der Waals surface area contributed by atoms with Crippen LogP contribution >= 0.6 is 11.6 Å². The summed E-state index contributed by atoms with van der Waals surface area (Å²) in [6, 6.07) is 0. The third-order valence-electron chi connectivity index (χ3n) is 1.09. The summed E-state index contributed by atoms with van der Waals surface area (Å²) in [7, 11) is 0. The van der Waals surface area contributed by atoms with Gasteiger partial charge in [-0.1, -0.05) is 12.2 Å². The van der Waals surface area contributed by atoms with Gasteiger partial charge in [-0.15, -0.1) is 11.6 Å². The lowest BCUT2D eigenvalue weighted by Crippen LogP contribution is -2.24. The molecule has 0 radical (unpaired) electrons. The maximum absolute atomic E-state index is 10.7. The van der Waals surface area contributed by atoms with Crippen LogP contribution in [0, 0.1) is 0 Å². The normalized spacial score (nSPS) is 10.5. The number of ether oxygens (including phenoxy) is 1. The lowest BCUT2D eigenvalue weighted by molar-refractivity contribution is -0.141. The van der Waals surface area contributed by atoms with E-state index in [0.29, 0.717) is 19.0 Å². The maximum atomic E-state index is 10.7. The first-order chi connectivity index (χ1) is 5.81. The second kappa shape index (κ2) is 8.56. The first-order valence-electron chi connectivity index (χ1n) is 3.88. The van der Waals surface area contributed by atoms with Crippen LogP contribution in [-0.2, 0) is 9.53 Å². The van der Waals surface area contributed by atoms with Gasteiger partial charge in [-0.3, -0.25) is 4.79 Å². The third-order valence-corrected chi connectivity index (χ3v) is 1.27. The van der Waals surface area contributed by atoms with E-state index in [4.69, 9.17) is 16.3 Å². The fourth-order valence-electron chi connectivity index (χ4n) is 0.616. The average molecular weight is 192 g/mol. The molecule has 0 amide bonds. The predicted molar refractivity (Wildman–Crippen MR) is 49.4 cm³/mol. The van der Waals surface area contributed by atoms with Crippen molar-refractivity contribution in [3.05, 3.63) is 12.2 Å². The topological polar surface area (TPSA) is 38.3 Å². The highest BCUT2D eigenvalue weighted by atomic mass is 35.5. The molecule has 0 spiro atoms. The molecule has 0 aliphatic rings. The molecule has 0 rings (SSSR count). The fourth-order valence-corrected chi connectivity index (χ4v) is 0.742. The van der Waals surface area contributed by atoms with Crippen LogP contribution in [0.25, 0.3) is 0 Å². The summed E-state index contributed by atoms with van der Waals surface area (Å²) in [6.45, 7) is 3.11. The number of alkyl halides is 1. The minimum atomic E-state index is -0.225. The van der Waals surface area contributed by atoms with Crippen molar-refractivity contribution >= 4 is 17.6 Å². The summed E-state index contributed by atoms with van der Waals surface area (Å²) in [5, 5.41) is 2.88. The van der Waals surface area contributed by atoms with Crippen molar-refractivity contribution < 1.29 is 9.53 Å².